The highest BCUT2D eigenvalue weighted by Gasteiger charge is 2.39. The minimum Gasteiger partial charge on any atom is -0.506 e. The molecule has 0 spiro atoms. The molecule has 0 aliphatic heterocycles. The Labute approximate surface area is 193 Å². The number of hydrogen-bond acceptors (Lipinski definition) is 8. The molecule has 34 heavy (non-hydrogen) atoms. The summed E-state index contributed by atoms with van der Waals surface area (Å²) in [7, 11) is 0. The smallest absolute Gasteiger partial charge is 0.198 e. The molecule has 4 rings (SSSR count). The van der Waals surface area contributed by atoms with E-state index in [1.165, 1.54) is 39.8 Å². The van der Waals surface area contributed by atoms with E-state index in [4.69, 9.17) is 0 Å². The summed E-state index contributed by atoms with van der Waals surface area (Å²) in [4.78, 5) is 76.3. The quantitative estimate of drug-likeness (QED) is 0.666. The molecule has 8 nitrogen and oxygen atoms in total. The lowest BCUT2D eigenvalue weighted by Gasteiger charge is -2.23. The van der Waals surface area contributed by atoms with Crippen molar-refractivity contribution in [2.45, 2.75) is 27.7 Å². The summed E-state index contributed by atoms with van der Waals surface area (Å²) in [6, 6.07) is 2.62. The van der Waals surface area contributed by atoms with Crippen LogP contribution in [0.2, 0.25) is 0 Å². The van der Waals surface area contributed by atoms with Crippen LogP contribution in [0.4, 0.5) is 0 Å². The summed E-state index contributed by atoms with van der Waals surface area (Å²) in [5.41, 5.74) is -1.74. The average Bonchev–Trinajstić information content (AvgIpc) is 2.72. The Morgan fingerprint density at radius 2 is 0.971 bits per heavy atom. The number of phenols is 2. The average molecular weight is 458 g/mol. The lowest BCUT2D eigenvalue weighted by Crippen LogP contribution is -2.26. The second-order valence-electron chi connectivity index (χ2n) is 8.29. The van der Waals surface area contributed by atoms with Crippen molar-refractivity contribution in [3.63, 3.8) is 0 Å². The number of benzene rings is 2. The fourth-order valence-corrected chi connectivity index (χ4v) is 4.56. The molecule has 0 radical (unpaired) electrons. The zero-order valence-electron chi connectivity index (χ0n) is 18.7. The number of aryl methyl sites for hydroxylation is 2. The first-order chi connectivity index (χ1) is 15.9. The molecular weight excluding hydrogens is 440 g/mol. The molecule has 2 aliphatic carbocycles. The van der Waals surface area contributed by atoms with Crippen molar-refractivity contribution < 1.29 is 39.0 Å². The van der Waals surface area contributed by atoms with Crippen LogP contribution in [0, 0.1) is 13.8 Å². The molecule has 2 aliphatic rings. The first kappa shape index (κ1) is 22.7. The molecule has 0 saturated heterocycles. The fourth-order valence-electron chi connectivity index (χ4n) is 4.56. The maximum atomic E-state index is 13.3. The monoisotopic (exact) mass is 458 g/mol. The number of fused-ring (bicyclic) bond motifs is 2. The van der Waals surface area contributed by atoms with Crippen LogP contribution in [0.3, 0.4) is 0 Å². The lowest BCUT2D eigenvalue weighted by molar-refractivity contribution is 0.0957. The van der Waals surface area contributed by atoms with Crippen LogP contribution in [0.15, 0.2) is 35.4 Å². The van der Waals surface area contributed by atoms with Gasteiger partial charge < -0.3 is 10.2 Å². The van der Waals surface area contributed by atoms with E-state index >= 15 is 0 Å². The van der Waals surface area contributed by atoms with Crippen molar-refractivity contribution in [1.82, 2.24) is 0 Å². The second-order valence-corrected chi connectivity index (χ2v) is 8.29. The van der Waals surface area contributed by atoms with Crippen LogP contribution < -0.4 is 0 Å². The highest BCUT2D eigenvalue weighted by atomic mass is 16.3. The maximum Gasteiger partial charge on any atom is 0.198 e. The van der Waals surface area contributed by atoms with Crippen LogP contribution in [0.5, 0.6) is 11.5 Å². The fraction of sp³-hybridized carbons (Fsp3) is 0.154. The van der Waals surface area contributed by atoms with Gasteiger partial charge in [-0.1, -0.05) is 0 Å². The number of allylic oxidation sites excluding steroid dienone is 4. The number of rotatable bonds is 3. The van der Waals surface area contributed by atoms with Gasteiger partial charge in [-0.05, 0) is 63.1 Å². The van der Waals surface area contributed by atoms with Crippen molar-refractivity contribution >= 4 is 34.7 Å². The van der Waals surface area contributed by atoms with Gasteiger partial charge in [-0.2, -0.15) is 0 Å². The Balaban J connectivity index is 1.93. The van der Waals surface area contributed by atoms with Gasteiger partial charge in [0.15, 0.2) is 34.7 Å². The van der Waals surface area contributed by atoms with Crippen molar-refractivity contribution in [3.8, 4) is 11.5 Å². The number of aromatic hydroxyl groups is 2. The zero-order chi connectivity index (χ0) is 25.2. The van der Waals surface area contributed by atoms with Crippen LogP contribution in [0.25, 0.3) is 0 Å². The SMILES string of the molecule is CC(=O)c1c(C)cc2c(c1O)C(=O)C(C1=CC(=O)c3cc(C)c(C(C)=O)c(O)c3C1=O)=CC2=O. The third-order valence-electron chi connectivity index (χ3n) is 6.02. The number of carbonyl (C=O) groups excluding carboxylic acids is 6. The van der Waals surface area contributed by atoms with E-state index in [2.05, 4.69) is 0 Å². The lowest BCUT2D eigenvalue weighted by atomic mass is 9.77. The summed E-state index contributed by atoms with van der Waals surface area (Å²) in [5, 5.41) is 21.3. The molecule has 0 unspecified atom stereocenters. The molecule has 0 heterocycles. The molecule has 170 valence electrons. The third kappa shape index (κ3) is 3.07. The van der Waals surface area contributed by atoms with Gasteiger partial charge >= 0.3 is 0 Å². The summed E-state index contributed by atoms with van der Waals surface area (Å²) in [6.07, 6.45) is 1.77. The van der Waals surface area contributed by atoms with Gasteiger partial charge in [0.25, 0.3) is 0 Å². The predicted octanol–water partition coefficient (Wildman–Crippen LogP) is 3.43. The highest BCUT2D eigenvalue weighted by molar-refractivity contribution is 6.36. The van der Waals surface area contributed by atoms with E-state index in [1.807, 2.05) is 0 Å². The zero-order valence-corrected chi connectivity index (χ0v) is 18.7. The molecule has 0 fully saturated rings. The van der Waals surface area contributed by atoms with E-state index in [9.17, 15) is 39.0 Å². The number of carbonyl (C=O) groups is 6. The van der Waals surface area contributed by atoms with Crippen LogP contribution in [-0.4, -0.2) is 44.9 Å². The highest BCUT2D eigenvalue weighted by Crippen LogP contribution is 2.40. The van der Waals surface area contributed by atoms with Crippen molar-refractivity contribution in [3.05, 3.63) is 79.9 Å². The summed E-state index contributed by atoms with van der Waals surface area (Å²) >= 11 is 0. The predicted molar refractivity (Wildman–Crippen MR) is 119 cm³/mol. The number of Topliss-reactive ketones (excluding diaryl/α,β-unsaturated/α-hetero) is 4. The first-order valence-corrected chi connectivity index (χ1v) is 10.2. The van der Waals surface area contributed by atoms with Gasteiger partial charge in [0.2, 0.25) is 0 Å². The van der Waals surface area contributed by atoms with E-state index in [0.717, 1.165) is 12.2 Å². The van der Waals surface area contributed by atoms with Gasteiger partial charge in [0, 0.05) is 22.3 Å². The molecule has 0 aromatic heterocycles. The Morgan fingerprint density at radius 3 is 1.26 bits per heavy atom. The molecular formula is C26H18O8. The molecule has 8 heteroatoms. The van der Waals surface area contributed by atoms with Gasteiger partial charge in [-0.25, -0.2) is 0 Å². The minimum atomic E-state index is -0.927. The number of phenolic OH excluding ortho intramolecular Hbond substituents is 2. The third-order valence-corrected chi connectivity index (χ3v) is 6.02. The molecule has 2 aromatic rings. The summed E-state index contributed by atoms with van der Waals surface area (Å²) < 4.78 is 0. The molecule has 0 atom stereocenters. The maximum absolute atomic E-state index is 13.3. The number of ketones is 6. The van der Waals surface area contributed by atoms with Gasteiger partial charge in [-0.15, -0.1) is 0 Å². The number of hydrogen-bond donors (Lipinski definition) is 2. The Bertz CT molecular complexity index is 1380. The van der Waals surface area contributed by atoms with Crippen LogP contribution in [0.1, 0.15) is 87.1 Å². The van der Waals surface area contributed by atoms with Crippen molar-refractivity contribution in [2.75, 3.05) is 0 Å². The van der Waals surface area contributed by atoms with Gasteiger partial charge in [-0.3, -0.25) is 28.8 Å². The van der Waals surface area contributed by atoms with E-state index < -0.39 is 68.5 Å². The Morgan fingerprint density at radius 1 is 0.647 bits per heavy atom. The normalized spacial score (nSPS) is 14.9. The molecule has 0 saturated carbocycles. The molecule has 0 amide bonds. The topological polar surface area (TPSA) is 143 Å². The first-order valence-electron chi connectivity index (χ1n) is 10.2. The van der Waals surface area contributed by atoms with Gasteiger partial charge in [0.1, 0.15) is 11.5 Å². The van der Waals surface area contributed by atoms with Crippen LogP contribution >= 0.6 is 0 Å². The Kier molecular flexibility index (Phi) is 5.05. The Hall–Kier alpha value is -4.46. The van der Waals surface area contributed by atoms with E-state index in [0.29, 0.717) is 11.1 Å². The second kappa shape index (κ2) is 7.55. The minimum absolute atomic E-state index is 0.134. The largest absolute Gasteiger partial charge is 0.506 e. The molecule has 2 N–H and O–H groups in total. The van der Waals surface area contributed by atoms with E-state index in [-0.39, 0.29) is 22.3 Å². The summed E-state index contributed by atoms with van der Waals surface area (Å²) in [6.45, 7) is 5.41. The van der Waals surface area contributed by atoms with Crippen molar-refractivity contribution in [2.24, 2.45) is 0 Å². The molecule has 0 bridgehead atoms. The van der Waals surface area contributed by atoms with E-state index in [1.54, 1.807) is 0 Å². The summed E-state index contributed by atoms with van der Waals surface area (Å²) in [5.74, 6) is -5.68. The van der Waals surface area contributed by atoms with Crippen molar-refractivity contribution in [1.29, 1.82) is 0 Å². The molecule has 2 aromatic carbocycles. The van der Waals surface area contributed by atoms with Crippen LogP contribution in [-0.2, 0) is 0 Å². The standard InChI is InChI=1S/C26H18O8/c1-9-5-15-17(29)7-13(23(31)21(15)25(33)19(9)11(3)27)14-8-18(30)16-6-10(2)20(12(4)28)26(34)22(16)24(14)32/h5-8,33-34H,1-4H3. The van der Waals surface area contributed by atoms with Gasteiger partial charge in [0.05, 0.1) is 22.3 Å².